The summed E-state index contributed by atoms with van der Waals surface area (Å²) < 4.78 is 0. The maximum atomic E-state index is 13.3. The van der Waals surface area contributed by atoms with E-state index in [1.807, 2.05) is 52.0 Å². The molecule has 0 saturated heterocycles. The van der Waals surface area contributed by atoms with Gasteiger partial charge in [0.05, 0.1) is 5.75 Å². The molecule has 7 heteroatoms. The predicted octanol–water partition coefficient (Wildman–Crippen LogP) is 6.26. The molecule has 0 fully saturated rings. The molecule has 2 amide bonds. The zero-order valence-electron chi connectivity index (χ0n) is 19.2. The molecule has 0 aliphatic carbocycles. The van der Waals surface area contributed by atoms with Gasteiger partial charge in [-0.05, 0) is 49.9 Å². The van der Waals surface area contributed by atoms with Crippen LogP contribution in [0.15, 0.2) is 42.5 Å². The lowest BCUT2D eigenvalue weighted by Crippen LogP contribution is -2.51. The Labute approximate surface area is 206 Å². The van der Waals surface area contributed by atoms with Crippen LogP contribution in [0.1, 0.15) is 50.3 Å². The van der Waals surface area contributed by atoms with Gasteiger partial charge >= 0.3 is 0 Å². The quantitative estimate of drug-likeness (QED) is 0.401. The number of benzene rings is 2. The normalized spacial score (nSPS) is 12.8. The van der Waals surface area contributed by atoms with Crippen molar-refractivity contribution >= 4 is 46.8 Å². The SMILES string of the molecule is CC[C@@H](C)NC(=O)[C@@H](CC)N(Cc1cccc(C)c1)C(=O)CSCc1ccc(Cl)cc1Cl. The van der Waals surface area contributed by atoms with Crippen molar-refractivity contribution in [1.29, 1.82) is 0 Å². The summed E-state index contributed by atoms with van der Waals surface area (Å²) in [6.07, 6.45) is 1.39. The molecule has 1 N–H and O–H groups in total. The number of carbonyl (C=O) groups is 2. The largest absolute Gasteiger partial charge is 0.352 e. The molecule has 0 aromatic heterocycles. The van der Waals surface area contributed by atoms with Gasteiger partial charge in [0.1, 0.15) is 6.04 Å². The van der Waals surface area contributed by atoms with Crippen LogP contribution in [0.5, 0.6) is 0 Å². The van der Waals surface area contributed by atoms with Crippen LogP contribution in [0.4, 0.5) is 0 Å². The second-order valence-corrected chi connectivity index (χ2v) is 9.81. The minimum absolute atomic E-state index is 0.0623. The average Bonchev–Trinajstić information content (AvgIpc) is 2.74. The van der Waals surface area contributed by atoms with Crippen LogP contribution >= 0.6 is 35.0 Å². The summed E-state index contributed by atoms with van der Waals surface area (Å²) in [6, 6.07) is 13.0. The third-order valence-corrected chi connectivity index (χ3v) is 6.87. The number of nitrogens with one attached hydrogen (secondary N) is 1. The van der Waals surface area contributed by atoms with Crippen molar-refractivity contribution in [3.05, 3.63) is 69.2 Å². The van der Waals surface area contributed by atoms with Gasteiger partial charge in [-0.25, -0.2) is 0 Å². The van der Waals surface area contributed by atoms with E-state index in [1.165, 1.54) is 11.8 Å². The molecule has 2 aromatic carbocycles. The summed E-state index contributed by atoms with van der Waals surface area (Å²) >= 11 is 13.7. The maximum Gasteiger partial charge on any atom is 0.243 e. The molecule has 0 spiro atoms. The van der Waals surface area contributed by atoms with Gasteiger partial charge in [-0.3, -0.25) is 9.59 Å². The second-order valence-electron chi connectivity index (χ2n) is 7.98. The first-order chi connectivity index (χ1) is 15.2. The summed E-state index contributed by atoms with van der Waals surface area (Å²) in [6.45, 7) is 8.37. The van der Waals surface area contributed by atoms with E-state index in [-0.39, 0.29) is 23.6 Å². The fourth-order valence-electron chi connectivity index (χ4n) is 3.34. The zero-order valence-corrected chi connectivity index (χ0v) is 21.5. The molecule has 0 heterocycles. The van der Waals surface area contributed by atoms with Gasteiger partial charge in [0, 0.05) is 28.4 Å². The molecule has 2 atom stereocenters. The highest BCUT2D eigenvalue weighted by atomic mass is 35.5. The Bertz CT molecular complexity index is 923. The lowest BCUT2D eigenvalue weighted by Gasteiger charge is -2.31. The van der Waals surface area contributed by atoms with Crippen LogP contribution < -0.4 is 5.32 Å². The van der Waals surface area contributed by atoms with Gasteiger partial charge in [0.25, 0.3) is 0 Å². The summed E-state index contributed by atoms with van der Waals surface area (Å²) in [5, 5.41) is 4.21. The van der Waals surface area contributed by atoms with E-state index in [2.05, 4.69) is 11.4 Å². The van der Waals surface area contributed by atoms with Crippen LogP contribution in [0.2, 0.25) is 10.0 Å². The van der Waals surface area contributed by atoms with Crippen LogP contribution in [-0.2, 0) is 21.9 Å². The summed E-state index contributed by atoms with van der Waals surface area (Å²) in [5.74, 6) is 0.690. The third kappa shape index (κ3) is 8.02. The fraction of sp³-hybridized carbons (Fsp3) is 0.440. The minimum atomic E-state index is -0.517. The van der Waals surface area contributed by atoms with Crippen molar-refractivity contribution in [3.63, 3.8) is 0 Å². The number of aryl methyl sites for hydroxylation is 1. The summed E-state index contributed by atoms with van der Waals surface area (Å²) in [7, 11) is 0. The molecule has 0 saturated carbocycles. The number of hydrogen-bond donors (Lipinski definition) is 1. The number of halogens is 2. The standard InChI is InChI=1S/C25H32Cl2N2O2S/c1-5-18(4)28-25(31)23(6-2)29(14-19-9-7-8-17(3)12-19)24(30)16-32-15-20-10-11-21(26)13-22(20)27/h7-13,18,23H,5-6,14-16H2,1-4H3,(H,28,31)/t18-,23-/m1/s1. The minimum Gasteiger partial charge on any atom is -0.352 e. The maximum absolute atomic E-state index is 13.3. The third-order valence-electron chi connectivity index (χ3n) is 5.32. The van der Waals surface area contributed by atoms with Crippen molar-refractivity contribution in [2.24, 2.45) is 0 Å². The first-order valence-electron chi connectivity index (χ1n) is 10.9. The first kappa shape index (κ1) is 26.6. The van der Waals surface area contributed by atoms with Gasteiger partial charge in [-0.15, -0.1) is 11.8 Å². The molecular formula is C25H32Cl2N2O2S. The summed E-state index contributed by atoms with van der Waals surface area (Å²) in [4.78, 5) is 28.0. The number of carbonyl (C=O) groups excluding carboxylic acids is 2. The highest BCUT2D eigenvalue weighted by Gasteiger charge is 2.29. The lowest BCUT2D eigenvalue weighted by molar-refractivity contribution is -0.139. The molecule has 4 nitrogen and oxygen atoms in total. The van der Waals surface area contributed by atoms with E-state index in [9.17, 15) is 9.59 Å². The molecule has 0 aliphatic rings. The van der Waals surface area contributed by atoms with Gasteiger partial charge in [0.2, 0.25) is 11.8 Å². The Morgan fingerprint density at radius 3 is 2.47 bits per heavy atom. The first-order valence-corrected chi connectivity index (χ1v) is 12.8. The Morgan fingerprint density at radius 2 is 1.84 bits per heavy atom. The molecular weight excluding hydrogens is 463 g/mol. The van der Waals surface area contributed by atoms with E-state index in [4.69, 9.17) is 23.2 Å². The lowest BCUT2D eigenvalue weighted by atomic mass is 10.1. The molecule has 0 bridgehead atoms. The summed E-state index contributed by atoms with van der Waals surface area (Å²) in [5.41, 5.74) is 3.07. The number of hydrogen-bond acceptors (Lipinski definition) is 3. The number of rotatable bonds is 11. The Hall–Kier alpha value is -1.69. The van der Waals surface area contributed by atoms with Crippen molar-refractivity contribution in [3.8, 4) is 0 Å². The predicted molar refractivity (Wildman–Crippen MR) is 136 cm³/mol. The molecule has 2 rings (SSSR count). The number of nitrogens with zero attached hydrogens (tertiary/aromatic N) is 1. The second kappa shape index (κ2) is 13.1. The Balaban J connectivity index is 2.15. The van der Waals surface area contributed by atoms with Gasteiger partial charge in [-0.1, -0.05) is 72.9 Å². The highest BCUT2D eigenvalue weighted by molar-refractivity contribution is 7.99. The molecule has 174 valence electrons. The van der Waals surface area contributed by atoms with Crippen LogP contribution in [0.25, 0.3) is 0 Å². The Kier molecular flexibility index (Phi) is 10.9. The van der Waals surface area contributed by atoms with Crippen molar-refractivity contribution in [2.75, 3.05) is 5.75 Å². The van der Waals surface area contributed by atoms with Crippen LogP contribution in [0, 0.1) is 6.92 Å². The van der Waals surface area contributed by atoms with Gasteiger partial charge in [0.15, 0.2) is 0 Å². The molecule has 0 unspecified atom stereocenters. The van der Waals surface area contributed by atoms with Crippen LogP contribution in [0.3, 0.4) is 0 Å². The van der Waals surface area contributed by atoms with Gasteiger partial charge < -0.3 is 10.2 Å². The van der Waals surface area contributed by atoms with E-state index < -0.39 is 6.04 Å². The monoisotopic (exact) mass is 494 g/mol. The number of thioether (sulfide) groups is 1. The van der Waals surface area contributed by atoms with E-state index in [0.29, 0.717) is 28.8 Å². The van der Waals surface area contributed by atoms with E-state index in [1.54, 1.807) is 17.0 Å². The molecule has 32 heavy (non-hydrogen) atoms. The van der Waals surface area contributed by atoms with Crippen LogP contribution in [-0.4, -0.2) is 34.6 Å². The highest BCUT2D eigenvalue weighted by Crippen LogP contribution is 2.25. The molecule has 0 aliphatic heterocycles. The van der Waals surface area contributed by atoms with Crippen molar-refractivity contribution in [2.45, 2.75) is 64.9 Å². The zero-order chi connectivity index (χ0) is 23.7. The fourth-order valence-corrected chi connectivity index (χ4v) is 4.81. The average molecular weight is 496 g/mol. The topological polar surface area (TPSA) is 49.4 Å². The Morgan fingerprint density at radius 1 is 1.09 bits per heavy atom. The molecule has 2 aromatic rings. The smallest absolute Gasteiger partial charge is 0.243 e. The van der Waals surface area contributed by atoms with Crippen molar-refractivity contribution < 1.29 is 9.59 Å². The van der Waals surface area contributed by atoms with Crippen molar-refractivity contribution in [1.82, 2.24) is 10.2 Å². The van der Waals surface area contributed by atoms with E-state index in [0.717, 1.165) is 23.1 Å². The van der Waals surface area contributed by atoms with E-state index >= 15 is 0 Å². The number of amides is 2. The molecule has 0 radical (unpaired) electrons. The van der Waals surface area contributed by atoms with Gasteiger partial charge in [-0.2, -0.15) is 0 Å².